The molecule has 2 aliphatic heterocycles. The minimum atomic E-state index is 0.389. The molecule has 104 valence electrons. The summed E-state index contributed by atoms with van der Waals surface area (Å²) in [7, 11) is 0. The van der Waals surface area contributed by atoms with Gasteiger partial charge >= 0.3 is 0 Å². The molecular weight excluding hydrogens is 303 g/mol. The van der Waals surface area contributed by atoms with Crippen molar-refractivity contribution in [3.05, 3.63) is 66.2 Å². The van der Waals surface area contributed by atoms with Crippen molar-refractivity contribution in [3.63, 3.8) is 0 Å². The van der Waals surface area contributed by atoms with Gasteiger partial charge in [-0.25, -0.2) is 0 Å². The molecule has 0 amide bonds. The van der Waals surface area contributed by atoms with Gasteiger partial charge in [-0.05, 0) is 42.2 Å². The zero-order chi connectivity index (χ0) is 14.7. The summed E-state index contributed by atoms with van der Waals surface area (Å²) in [5.41, 5.74) is 5.78. The molecule has 0 aliphatic carbocycles. The van der Waals surface area contributed by atoms with Crippen LogP contribution >= 0.6 is 23.5 Å². The van der Waals surface area contributed by atoms with Gasteiger partial charge in [-0.1, -0.05) is 70.8 Å². The minimum absolute atomic E-state index is 0.389. The number of aryl methyl sites for hydroxylation is 1. The van der Waals surface area contributed by atoms with Crippen molar-refractivity contribution in [2.24, 2.45) is 0 Å². The van der Waals surface area contributed by atoms with Gasteiger partial charge in [0.25, 0.3) is 0 Å². The molecule has 0 saturated heterocycles. The van der Waals surface area contributed by atoms with E-state index in [4.69, 9.17) is 0 Å². The fourth-order valence-electron chi connectivity index (χ4n) is 3.52. The van der Waals surface area contributed by atoms with E-state index >= 15 is 0 Å². The Kier molecular flexibility index (Phi) is 2.76. The first kappa shape index (κ1) is 12.9. The fraction of sp³-hybridized carbons (Fsp3) is 0.0526. The quantitative estimate of drug-likeness (QED) is 0.401. The number of hydrogen-bond donors (Lipinski definition) is 0. The Bertz CT molecular complexity index is 846. The molecule has 3 aromatic carbocycles. The summed E-state index contributed by atoms with van der Waals surface area (Å²) in [5.74, 6) is 0. The maximum atomic E-state index is 2.35. The van der Waals surface area contributed by atoms with Crippen LogP contribution in [-0.2, 0) is 0 Å². The van der Waals surface area contributed by atoms with Crippen LogP contribution in [0, 0.1) is 6.92 Å². The van der Waals surface area contributed by atoms with Gasteiger partial charge in [-0.15, -0.1) is 0 Å². The van der Waals surface area contributed by atoms with Gasteiger partial charge < -0.3 is 0 Å². The number of hydrogen-bond acceptors (Lipinski definition) is 2. The van der Waals surface area contributed by atoms with Crippen molar-refractivity contribution in [3.8, 4) is 0 Å². The van der Waals surface area contributed by atoms with Crippen molar-refractivity contribution in [1.82, 2.24) is 0 Å². The fourth-order valence-corrected chi connectivity index (χ4v) is 6.13. The molecule has 0 radical (unpaired) electrons. The van der Waals surface area contributed by atoms with E-state index in [9.17, 15) is 0 Å². The number of rotatable bonds is 0. The molecule has 3 heteroatoms. The smallest absolute Gasteiger partial charge is 0.0911 e. The summed E-state index contributed by atoms with van der Waals surface area (Å²) in [6, 6.07) is 22.4. The van der Waals surface area contributed by atoms with E-state index < -0.39 is 0 Å². The SMILES string of the molecule is Cc1cc2c3c(c1)Sc1ccccc1B3c1ccccc1S2. The average Bonchev–Trinajstić information content (AvgIpc) is 2.54. The predicted molar refractivity (Wildman–Crippen MR) is 97.0 cm³/mol. The second kappa shape index (κ2) is 4.71. The molecule has 0 N–H and O–H groups in total. The summed E-state index contributed by atoms with van der Waals surface area (Å²) < 4.78 is 0. The highest BCUT2D eigenvalue weighted by molar-refractivity contribution is 8.01. The van der Waals surface area contributed by atoms with E-state index in [1.807, 2.05) is 23.5 Å². The Morgan fingerprint density at radius 2 is 1.18 bits per heavy atom. The predicted octanol–water partition coefficient (Wildman–Crippen LogP) is 3.44. The monoisotopic (exact) mass is 316 g/mol. The summed E-state index contributed by atoms with van der Waals surface area (Å²) in [6.07, 6.45) is 0. The van der Waals surface area contributed by atoms with Gasteiger partial charge in [0.2, 0.25) is 6.71 Å². The highest BCUT2D eigenvalue weighted by atomic mass is 32.2. The lowest BCUT2D eigenvalue weighted by atomic mass is 9.36. The molecule has 0 spiro atoms. The third-order valence-corrected chi connectivity index (χ3v) is 6.74. The first-order valence-corrected chi connectivity index (χ1v) is 9.12. The standard InChI is InChI=1S/C19H13BS2/c1-12-10-17-19-18(11-12)22-16-9-5-3-7-14(16)20(19)13-6-2-4-8-15(13)21-17/h2-11H,1H3. The van der Waals surface area contributed by atoms with Crippen LogP contribution < -0.4 is 16.4 Å². The second-order valence-corrected chi connectivity index (χ2v) is 8.06. The molecule has 0 unspecified atom stereocenters. The van der Waals surface area contributed by atoms with Crippen molar-refractivity contribution in [2.75, 3.05) is 0 Å². The van der Waals surface area contributed by atoms with Gasteiger partial charge in [0, 0.05) is 19.6 Å². The Morgan fingerprint density at radius 1 is 0.682 bits per heavy atom. The zero-order valence-corrected chi connectivity index (χ0v) is 13.8. The van der Waals surface area contributed by atoms with Gasteiger partial charge in [-0.3, -0.25) is 0 Å². The van der Waals surface area contributed by atoms with Crippen LogP contribution in [0.2, 0.25) is 0 Å². The van der Waals surface area contributed by atoms with E-state index in [2.05, 4.69) is 67.6 Å². The molecule has 2 heterocycles. The summed E-state index contributed by atoms with van der Waals surface area (Å²) >= 11 is 3.85. The summed E-state index contributed by atoms with van der Waals surface area (Å²) in [4.78, 5) is 5.66. The topological polar surface area (TPSA) is 0 Å². The lowest BCUT2D eigenvalue weighted by molar-refractivity contribution is 1.28. The average molecular weight is 316 g/mol. The first-order valence-electron chi connectivity index (χ1n) is 7.49. The van der Waals surface area contributed by atoms with Gasteiger partial charge in [0.05, 0.1) is 0 Å². The van der Waals surface area contributed by atoms with E-state index in [0.29, 0.717) is 6.71 Å². The third-order valence-electron chi connectivity index (χ3n) is 4.44. The molecule has 0 bridgehead atoms. The van der Waals surface area contributed by atoms with Gasteiger partial charge in [0.1, 0.15) is 0 Å². The van der Waals surface area contributed by atoms with Crippen molar-refractivity contribution < 1.29 is 0 Å². The van der Waals surface area contributed by atoms with E-state index in [0.717, 1.165) is 0 Å². The molecule has 0 saturated carbocycles. The highest BCUT2D eigenvalue weighted by Gasteiger charge is 2.37. The molecule has 5 rings (SSSR count). The van der Waals surface area contributed by atoms with E-state index in [1.165, 1.54) is 41.5 Å². The largest absolute Gasteiger partial charge is 0.247 e. The van der Waals surface area contributed by atoms with Crippen LogP contribution in [0.4, 0.5) is 0 Å². The van der Waals surface area contributed by atoms with E-state index in [-0.39, 0.29) is 0 Å². The van der Waals surface area contributed by atoms with Crippen LogP contribution in [0.3, 0.4) is 0 Å². The van der Waals surface area contributed by atoms with Crippen LogP contribution in [0.15, 0.2) is 80.2 Å². The van der Waals surface area contributed by atoms with Crippen LogP contribution in [0.25, 0.3) is 0 Å². The van der Waals surface area contributed by atoms with Crippen LogP contribution in [-0.4, -0.2) is 6.71 Å². The second-order valence-electron chi connectivity index (χ2n) is 5.89. The summed E-state index contributed by atoms with van der Waals surface area (Å²) in [6.45, 7) is 2.59. The molecule has 0 fully saturated rings. The zero-order valence-electron chi connectivity index (χ0n) is 12.2. The molecule has 2 aliphatic rings. The first-order chi connectivity index (χ1) is 10.8. The van der Waals surface area contributed by atoms with Crippen LogP contribution in [0.5, 0.6) is 0 Å². The van der Waals surface area contributed by atoms with Gasteiger partial charge in [0.15, 0.2) is 0 Å². The minimum Gasteiger partial charge on any atom is -0.0911 e. The maximum absolute atomic E-state index is 2.35. The van der Waals surface area contributed by atoms with Gasteiger partial charge in [-0.2, -0.15) is 0 Å². The number of fused-ring (bicyclic) bond motifs is 4. The van der Waals surface area contributed by atoms with Crippen molar-refractivity contribution in [1.29, 1.82) is 0 Å². The van der Waals surface area contributed by atoms with Crippen molar-refractivity contribution in [2.45, 2.75) is 26.5 Å². The molecule has 0 nitrogen and oxygen atoms in total. The Labute approximate surface area is 139 Å². The molecule has 22 heavy (non-hydrogen) atoms. The Morgan fingerprint density at radius 3 is 1.73 bits per heavy atom. The molecule has 3 aromatic rings. The molecule has 0 aromatic heterocycles. The summed E-state index contributed by atoms with van der Waals surface area (Å²) in [5, 5.41) is 0. The lowest BCUT2D eigenvalue weighted by Gasteiger charge is -2.33. The maximum Gasteiger partial charge on any atom is 0.247 e. The van der Waals surface area contributed by atoms with Crippen LogP contribution in [0.1, 0.15) is 5.56 Å². The van der Waals surface area contributed by atoms with E-state index in [1.54, 1.807) is 0 Å². The molecular formula is C19H13BS2. The normalized spacial score (nSPS) is 14.1. The highest BCUT2D eigenvalue weighted by Crippen LogP contribution is 2.38. The molecule has 0 atom stereocenters. The third kappa shape index (κ3) is 1.76. The van der Waals surface area contributed by atoms with Crippen molar-refractivity contribution >= 4 is 46.6 Å². The lowest BCUT2D eigenvalue weighted by Crippen LogP contribution is -2.57. The Balaban J connectivity index is 1.88. The number of benzene rings is 3. The Hall–Kier alpha value is -1.58.